The van der Waals surface area contributed by atoms with Crippen molar-refractivity contribution in [3.63, 3.8) is 0 Å². The van der Waals surface area contributed by atoms with Crippen LogP contribution in [0, 0.1) is 5.82 Å². The standard InChI is InChI=1S/C22H26FN5O3/c1-27(2)11-4-12-31-21-8-6-15(13-17(21)19-9-10-24-28(19)3)25-22(30)26-16-5-7-18(23)20(29)14-16/h5-10,13-14,29H,4,11-12H2,1-3H3,(H2,25,26,30). The first-order valence-corrected chi connectivity index (χ1v) is 9.80. The third-order valence-electron chi connectivity index (χ3n) is 4.55. The van der Waals surface area contributed by atoms with Crippen LogP contribution in [0.1, 0.15) is 6.42 Å². The Labute approximate surface area is 180 Å². The molecule has 164 valence electrons. The summed E-state index contributed by atoms with van der Waals surface area (Å²) in [6, 6.07) is 10.3. The van der Waals surface area contributed by atoms with Crippen LogP contribution in [0.2, 0.25) is 0 Å². The number of amides is 2. The van der Waals surface area contributed by atoms with Crippen LogP contribution in [0.5, 0.6) is 11.5 Å². The number of benzene rings is 2. The highest BCUT2D eigenvalue weighted by Crippen LogP contribution is 2.32. The summed E-state index contributed by atoms with van der Waals surface area (Å²) in [5, 5.41) is 19.0. The van der Waals surface area contributed by atoms with E-state index in [2.05, 4.69) is 20.6 Å². The number of carbonyl (C=O) groups excluding carboxylic acids is 1. The van der Waals surface area contributed by atoms with E-state index in [1.807, 2.05) is 27.2 Å². The maximum absolute atomic E-state index is 13.2. The number of nitrogens with zero attached hydrogens (tertiary/aromatic N) is 3. The Morgan fingerprint density at radius 3 is 2.52 bits per heavy atom. The molecule has 3 N–H and O–H groups in total. The van der Waals surface area contributed by atoms with E-state index in [1.165, 1.54) is 6.07 Å². The zero-order chi connectivity index (χ0) is 22.4. The van der Waals surface area contributed by atoms with Crippen molar-refractivity contribution in [3.8, 4) is 22.8 Å². The highest BCUT2D eigenvalue weighted by atomic mass is 19.1. The van der Waals surface area contributed by atoms with E-state index in [-0.39, 0.29) is 5.69 Å². The minimum absolute atomic E-state index is 0.268. The third kappa shape index (κ3) is 5.95. The number of hydrogen-bond donors (Lipinski definition) is 3. The number of hydrogen-bond acceptors (Lipinski definition) is 5. The van der Waals surface area contributed by atoms with Gasteiger partial charge in [0.15, 0.2) is 11.6 Å². The summed E-state index contributed by atoms with van der Waals surface area (Å²) >= 11 is 0. The molecular formula is C22H26FN5O3. The number of aromatic hydroxyl groups is 1. The quantitative estimate of drug-likeness (QED) is 0.474. The molecule has 0 saturated heterocycles. The van der Waals surface area contributed by atoms with E-state index in [9.17, 15) is 14.3 Å². The summed E-state index contributed by atoms with van der Waals surface area (Å²) in [6.07, 6.45) is 2.57. The van der Waals surface area contributed by atoms with Crippen LogP contribution in [0.15, 0.2) is 48.7 Å². The molecule has 0 atom stereocenters. The second-order valence-corrected chi connectivity index (χ2v) is 7.30. The molecule has 3 aromatic rings. The molecule has 3 rings (SSSR count). The number of ether oxygens (including phenoxy) is 1. The summed E-state index contributed by atoms with van der Waals surface area (Å²) in [4.78, 5) is 14.4. The number of nitrogens with one attached hydrogen (secondary N) is 2. The molecular weight excluding hydrogens is 401 g/mol. The molecule has 9 heteroatoms. The van der Waals surface area contributed by atoms with Gasteiger partial charge in [-0.15, -0.1) is 0 Å². The minimum Gasteiger partial charge on any atom is -0.505 e. The Morgan fingerprint density at radius 1 is 1.16 bits per heavy atom. The highest BCUT2D eigenvalue weighted by molar-refractivity contribution is 6.00. The Hall–Kier alpha value is -3.59. The fourth-order valence-corrected chi connectivity index (χ4v) is 3.02. The van der Waals surface area contributed by atoms with Crippen LogP contribution < -0.4 is 15.4 Å². The molecule has 8 nitrogen and oxygen atoms in total. The summed E-state index contributed by atoms with van der Waals surface area (Å²) < 4.78 is 20.9. The zero-order valence-corrected chi connectivity index (χ0v) is 17.7. The van der Waals surface area contributed by atoms with Crippen LogP contribution in [-0.2, 0) is 7.05 Å². The molecule has 0 bridgehead atoms. The lowest BCUT2D eigenvalue weighted by molar-refractivity contribution is 0.262. The van der Waals surface area contributed by atoms with Crippen molar-refractivity contribution in [3.05, 3.63) is 54.5 Å². The van der Waals surface area contributed by atoms with E-state index in [0.717, 1.165) is 36.4 Å². The first-order valence-electron chi connectivity index (χ1n) is 9.80. The SMILES string of the molecule is CN(C)CCCOc1ccc(NC(=O)Nc2ccc(F)c(O)c2)cc1-c1ccnn1C. The topological polar surface area (TPSA) is 91.7 Å². The van der Waals surface area contributed by atoms with Gasteiger partial charge in [0.1, 0.15) is 5.75 Å². The van der Waals surface area contributed by atoms with Gasteiger partial charge in [0.05, 0.1) is 12.3 Å². The van der Waals surface area contributed by atoms with E-state index in [1.54, 1.807) is 29.1 Å². The van der Waals surface area contributed by atoms with Crippen molar-refractivity contribution < 1.29 is 19.0 Å². The van der Waals surface area contributed by atoms with Crippen molar-refractivity contribution in [2.24, 2.45) is 7.05 Å². The number of anilines is 2. The first kappa shape index (κ1) is 22.1. The van der Waals surface area contributed by atoms with Gasteiger partial charge in [0.2, 0.25) is 0 Å². The number of carbonyl (C=O) groups is 1. The molecule has 0 unspecified atom stereocenters. The van der Waals surface area contributed by atoms with Crippen LogP contribution in [0.25, 0.3) is 11.3 Å². The average Bonchev–Trinajstić information content (AvgIpc) is 3.14. The van der Waals surface area contributed by atoms with Crippen molar-refractivity contribution >= 4 is 17.4 Å². The Kier molecular flexibility index (Phi) is 7.09. The molecule has 2 aromatic carbocycles. The summed E-state index contributed by atoms with van der Waals surface area (Å²) in [5.41, 5.74) is 2.45. The number of phenols is 1. The molecule has 0 radical (unpaired) electrons. The van der Waals surface area contributed by atoms with Gasteiger partial charge in [-0.05, 0) is 56.9 Å². The van der Waals surface area contributed by atoms with Crippen molar-refractivity contribution in [1.29, 1.82) is 0 Å². The fourth-order valence-electron chi connectivity index (χ4n) is 3.02. The smallest absolute Gasteiger partial charge is 0.323 e. The summed E-state index contributed by atoms with van der Waals surface area (Å²) in [5.74, 6) is -0.600. The Balaban J connectivity index is 1.75. The molecule has 1 heterocycles. The maximum atomic E-state index is 13.2. The lowest BCUT2D eigenvalue weighted by Crippen LogP contribution is -2.19. The second-order valence-electron chi connectivity index (χ2n) is 7.30. The number of aromatic nitrogens is 2. The van der Waals surface area contributed by atoms with Gasteiger partial charge in [-0.2, -0.15) is 5.10 Å². The molecule has 2 amide bonds. The van der Waals surface area contributed by atoms with Gasteiger partial charge in [0, 0.05) is 42.8 Å². The molecule has 0 fully saturated rings. The van der Waals surface area contributed by atoms with E-state index in [4.69, 9.17) is 4.74 Å². The summed E-state index contributed by atoms with van der Waals surface area (Å²) in [7, 11) is 5.86. The molecule has 0 saturated carbocycles. The summed E-state index contributed by atoms with van der Waals surface area (Å²) in [6.45, 7) is 1.48. The number of halogens is 1. The predicted octanol–water partition coefficient (Wildman–Crippen LogP) is 3.91. The van der Waals surface area contributed by atoms with Crippen molar-refractivity contribution in [2.45, 2.75) is 6.42 Å². The Morgan fingerprint density at radius 2 is 1.87 bits per heavy atom. The molecule has 31 heavy (non-hydrogen) atoms. The highest BCUT2D eigenvalue weighted by Gasteiger charge is 2.13. The normalized spacial score (nSPS) is 10.9. The van der Waals surface area contributed by atoms with E-state index < -0.39 is 17.6 Å². The van der Waals surface area contributed by atoms with Crippen LogP contribution >= 0.6 is 0 Å². The molecule has 0 spiro atoms. The number of rotatable bonds is 8. The monoisotopic (exact) mass is 427 g/mol. The minimum atomic E-state index is -0.757. The van der Waals surface area contributed by atoms with Gasteiger partial charge < -0.3 is 25.4 Å². The predicted molar refractivity (Wildman–Crippen MR) is 118 cm³/mol. The number of aryl methyl sites for hydroxylation is 1. The van der Waals surface area contributed by atoms with Gasteiger partial charge in [-0.25, -0.2) is 9.18 Å². The molecule has 0 aliphatic rings. The maximum Gasteiger partial charge on any atom is 0.323 e. The fraction of sp³-hybridized carbons (Fsp3) is 0.273. The number of phenolic OH excluding ortho intramolecular Hbond substituents is 1. The molecule has 0 aliphatic heterocycles. The zero-order valence-electron chi connectivity index (χ0n) is 17.7. The van der Waals surface area contributed by atoms with Gasteiger partial charge in [0.25, 0.3) is 0 Å². The lowest BCUT2D eigenvalue weighted by atomic mass is 10.1. The van der Waals surface area contributed by atoms with Crippen molar-refractivity contribution in [1.82, 2.24) is 14.7 Å². The molecule has 0 aliphatic carbocycles. The largest absolute Gasteiger partial charge is 0.505 e. The first-order chi connectivity index (χ1) is 14.8. The van der Waals surface area contributed by atoms with E-state index >= 15 is 0 Å². The molecule has 1 aromatic heterocycles. The third-order valence-corrected chi connectivity index (χ3v) is 4.55. The lowest BCUT2D eigenvalue weighted by Gasteiger charge is -2.15. The Bertz CT molecular complexity index is 1050. The second kappa shape index (κ2) is 9.94. The van der Waals surface area contributed by atoms with Gasteiger partial charge in [-0.3, -0.25) is 4.68 Å². The van der Waals surface area contributed by atoms with Crippen LogP contribution in [0.4, 0.5) is 20.6 Å². The van der Waals surface area contributed by atoms with Crippen LogP contribution in [0.3, 0.4) is 0 Å². The number of urea groups is 1. The van der Waals surface area contributed by atoms with Crippen LogP contribution in [-0.4, -0.2) is 53.1 Å². The average molecular weight is 427 g/mol. The van der Waals surface area contributed by atoms with Gasteiger partial charge >= 0.3 is 6.03 Å². The van der Waals surface area contributed by atoms with Gasteiger partial charge in [-0.1, -0.05) is 0 Å². The van der Waals surface area contributed by atoms with E-state index in [0.29, 0.717) is 18.0 Å². The van der Waals surface area contributed by atoms with Crippen molar-refractivity contribution in [2.75, 3.05) is 37.9 Å².